The van der Waals surface area contributed by atoms with E-state index in [1.807, 2.05) is 0 Å². The van der Waals surface area contributed by atoms with Gasteiger partial charge in [-0.2, -0.15) is 0 Å². The minimum Gasteiger partial charge on any atom is -0.325 e. The van der Waals surface area contributed by atoms with Crippen LogP contribution in [0.4, 0.5) is 4.79 Å². The van der Waals surface area contributed by atoms with Gasteiger partial charge in [0.05, 0.1) is 13.3 Å². The number of nitrogens with zero attached hydrogens (tertiary/aromatic N) is 1. The van der Waals surface area contributed by atoms with Crippen LogP contribution >= 0.6 is 0 Å². The normalized spacial score (nSPS) is 17.8. The lowest BCUT2D eigenvalue weighted by molar-refractivity contribution is 0.176. The van der Waals surface area contributed by atoms with Crippen LogP contribution in [0, 0.1) is 0 Å². The molecule has 0 aliphatic carbocycles. The number of carbonyl (C=O) groups is 1. The van der Waals surface area contributed by atoms with Gasteiger partial charge in [-0.1, -0.05) is 19.8 Å². The number of unbranched alkanes of at least 4 members (excludes halogenated alkanes) is 2. The van der Waals surface area contributed by atoms with Crippen LogP contribution in [0.5, 0.6) is 0 Å². The molecule has 0 atom stereocenters. The monoisotopic (exact) mass is 171 g/mol. The summed E-state index contributed by atoms with van der Waals surface area (Å²) in [5, 5.41) is 5.82. The number of hydrogen-bond donors (Lipinski definition) is 2. The molecule has 0 unspecified atom stereocenters. The highest BCUT2D eigenvalue weighted by Gasteiger charge is 2.15. The zero-order valence-corrected chi connectivity index (χ0v) is 7.60. The third-order valence-electron chi connectivity index (χ3n) is 1.99. The van der Waals surface area contributed by atoms with Gasteiger partial charge in [0, 0.05) is 6.54 Å². The molecule has 12 heavy (non-hydrogen) atoms. The molecule has 1 saturated heterocycles. The average Bonchev–Trinajstić information content (AvgIpc) is 2.09. The van der Waals surface area contributed by atoms with E-state index in [0.29, 0.717) is 13.3 Å². The molecule has 1 heterocycles. The van der Waals surface area contributed by atoms with Crippen molar-refractivity contribution in [1.82, 2.24) is 15.5 Å². The molecule has 70 valence electrons. The van der Waals surface area contributed by atoms with Gasteiger partial charge in [0.15, 0.2) is 0 Å². The summed E-state index contributed by atoms with van der Waals surface area (Å²) in [6.07, 6.45) is 3.50. The van der Waals surface area contributed by atoms with Crippen LogP contribution < -0.4 is 10.6 Å². The lowest BCUT2D eigenvalue weighted by Crippen LogP contribution is -2.54. The van der Waals surface area contributed by atoms with Gasteiger partial charge in [0.2, 0.25) is 0 Å². The standard InChI is InChI=1S/C8H17N3O/c1-2-3-4-5-11-7-9-6-10-8(11)12/h9H,2-7H2,1H3,(H,10,12). The summed E-state index contributed by atoms with van der Waals surface area (Å²) in [4.78, 5) is 13.0. The molecule has 0 spiro atoms. The molecule has 0 bridgehead atoms. The molecule has 0 aromatic heterocycles. The van der Waals surface area contributed by atoms with E-state index in [0.717, 1.165) is 13.0 Å². The fourth-order valence-corrected chi connectivity index (χ4v) is 1.25. The minimum atomic E-state index is 0.0600. The SMILES string of the molecule is CCCCCN1CNCNC1=O. The van der Waals surface area contributed by atoms with E-state index in [-0.39, 0.29) is 6.03 Å². The first-order valence-electron chi connectivity index (χ1n) is 4.58. The molecular weight excluding hydrogens is 154 g/mol. The second-order valence-electron chi connectivity index (χ2n) is 3.04. The van der Waals surface area contributed by atoms with Crippen molar-refractivity contribution in [2.75, 3.05) is 19.9 Å². The van der Waals surface area contributed by atoms with E-state index in [1.54, 1.807) is 4.90 Å². The second-order valence-corrected chi connectivity index (χ2v) is 3.04. The Bertz CT molecular complexity index is 149. The van der Waals surface area contributed by atoms with Crippen LogP contribution in [0.15, 0.2) is 0 Å². The first-order chi connectivity index (χ1) is 5.84. The lowest BCUT2D eigenvalue weighted by Gasteiger charge is -2.28. The predicted octanol–water partition coefficient (Wildman–Crippen LogP) is 0.706. The summed E-state index contributed by atoms with van der Waals surface area (Å²) in [6.45, 7) is 4.32. The Labute approximate surface area is 73.3 Å². The molecule has 0 radical (unpaired) electrons. The number of nitrogens with one attached hydrogen (secondary N) is 2. The maximum absolute atomic E-state index is 11.2. The van der Waals surface area contributed by atoms with Crippen LogP contribution in [-0.2, 0) is 0 Å². The first kappa shape index (κ1) is 9.32. The van der Waals surface area contributed by atoms with E-state index in [1.165, 1.54) is 12.8 Å². The zero-order valence-electron chi connectivity index (χ0n) is 7.60. The molecule has 1 aliphatic rings. The molecule has 1 rings (SSSR count). The van der Waals surface area contributed by atoms with E-state index in [2.05, 4.69) is 17.6 Å². The first-order valence-corrected chi connectivity index (χ1v) is 4.58. The van der Waals surface area contributed by atoms with E-state index in [9.17, 15) is 4.79 Å². The highest BCUT2D eigenvalue weighted by Crippen LogP contribution is 1.99. The second kappa shape index (κ2) is 4.98. The van der Waals surface area contributed by atoms with E-state index in [4.69, 9.17) is 0 Å². The van der Waals surface area contributed by atoms with Crippen molar-refractivity contribution >= 4 is 6.03 Å². The number of urea groups is 1. The van der Waals surface area contributed by atoms with Gasteiger partial charge in [-0.25, -0.2) is 4.79 Å². The Morgan fingerprint density at radius 3 is 3.00 bits per heavy atom. The van der Waals surface area contributed by atoms with Crippen LogP contribution in [0.2, 0.25) is 0 Å². The Kier molecular flexibility index (Phi) is 3.87. The summed E-state index contributed by atoms with van der Waals surface area (Å²) in [7, 11) is 0. The van der Waals surface area contributed by atoms with Crippen molar-refractivity contribution in [3.05, 3.63) is 0 Å². The molecule has 0 aromatic carbocycles. The van der Waals surface area contributed by atoms with Gasteiger partial charge in [-0.3, -0.25) is 5.32 Å². The number of carbonyl (C=O) groups excluding carboxylic acids is 1. The van der Waals surface area contributed by atoms with Crippen LogP contribution in [0.25, 0.3) is 0 Å². The maximum atomic E-state index is 11.2. The Hall–Kier alpha value is -0.770. The fraction of sp³-hybridized carbons (Fsp3) is 0.875. The topological polar surface area (TPSA) is 44.4 Å². The molecule has 2 amide bonds. The largest absolute Gasteiger partial charge is 0.325 e. The zero-order chi connectivity index (χ0) is 8.81. The molecule has 4 heteroatoms. The van der Waals surface area contributed by atoms with Gasteiger partial charge < -0.3 is 10.2 Å². The molecular formula is C8H17N3O. The van der Waals surface area contributed by atoms with Crippen LogP contribution in [-0.4, -0.2) is 30.8 Å². The Morgan fingerprint density at radius 1 is 1.50 bits per heavy atom. The van der Waals surface area contributed by atoms with Crippen molar-refractivity contribution < 1.29 is 4.79 Å². The predicted molar refractivity (Wildman–Crippen MR) is 47.6 cm³/mol. The summed E-state index contributed by atoms with van der Waals surface area (Å²) in [5.74, 6) is 0. The van der Waals surface area contributed by atoms with Crippen molar-refractivity contribution in [2.24, 2.45) is 0 Å². The summed E-state index contributed by atoms with van der Waals surface area (Å²) >= 11 is 0. The smallest absolute Gasteiger partial charge is 0.319 e. The van der Waals surface area contributed by atoms with Crippen molar-refractivity contribution in [3.63, 3.8) is 0 Å². The highest BCUT2D eigenvalue weighted by atomic mass is 16.2. The number of amides is 2. The van der Waals surface area contributed by atoms with Gasteiger partial charge in [-0.15, -0.1) is 0 Å². The molecule has 1 aliphatic heterocycles. The molecule has 0 saturated carbocycles. The van der Waals surface area contributed by atoms with Gasteiger partial charge in [-0.05, 0) is 6.42 Å². The molecule has 2 N–H and O–H groups in total. The third kappa shape index (κ3) is 2.70. The summed E-state index contributed by atoms with van der Waals surface area (Å²) in [5.41, 5.74) is 0. The minimum absolute atomic E-state index is 0.0600. The van der Waals surface area contributed by atoms with Crippen LogP contribution in [0.3, 0.4) is 0 Å². The number of rotatable bonds is 4. The Morgan fingerprint density at radius 2 is 2.33 bits per heavy atom. The fourth-order valence-electron chi connectivity index (χ4n) is 1.25. The van der Waals surface area contributed by atoms with Crippen molar-refractivity contribution in [2.45, 2.75) is 26.2 Å². The third-order valence-corrected chi connectivity index (χ3v) is 1.99. The summed E-state index contributed by atoms with van der Waals surface area (Å²) < 4.78 is 0. The average molecular weight is 171 g/mol. The highest BCUT2D eigenvalue weighted by molar-refractivity contribution is 5.74. The van der Waals surface area contributed by atoms with Gasteiger partial charge in [0.25, 0.3) is 0 Å². The quantitative estimate of drug-likeness (QED) is 0.612. The molecule has 1 fully saturated rings. The van der Waals surface area contributed by atoms with E-state index < -0.39 is 0 Å². The van der Waals surface area contributed by atoms with Crippen molar-refractivity contribution in [3.8, 4) is 0 Å². The number of hydrogen-bond acceptors (Lipinski definition) is 2. The maximum Gasteiger partial charge on any atom is 0.319 e. The van der Waals surface area contributed by atoms with Gasteiger partial charge in [0.1, 0.15) is 0 Å². The summed E-state index contributed by atoms with van der Waals surface area (Å²) in [6, 6.07) is 0.0600. The lowest BCUT2D eigenvalue weighted by atomic mass is 10.2. The van der Waals surface area contributed by atoms with Gasteiger partial charge >= 0.3 is 6.03 Å². The molecule has 0 aromatic rings. The Balaban J connectivity index is 2.16. The van der Waals surface area contributed by atoms with Crippen molar-refractivity contribution in [1.29, 1.82) is 0 Å². The van der Waals surface area contributed by atoms with Crippen LogP contribution in [0.1, 0.15) is 26.2 Å². The molecule has 4 nitrogen and oxygen atoms in total. The van der Waals surface area contributed by atoms with E-state index >= 15 is 0 Å².